The van der Waals surface area contributed by atoms with Crippen LogP contribution in [-0.2, 0) is 14.4 Å². The van der Waals surface area contributed by atoms with E-state index in [0.717, 1.165) is 5.75 Å². The summed E-state index contributed by atoms with van der Waals surface area (Å²) in [5, 5.41) is 8.88. The van der Waals surface area contributed by atoms with Gasteiger partial charge in [0, 0.05) is 45.0 Å². The first-order chi connectivity index (χ1) is 9.41. The maximum atomic E-state index is 12.1. The second kappa shape index (κ2) is 8.14. The molecule has 2 amide bonds. The fourth-order valence-corrected chi connectivity index (χ4v) is 3.17. The molecule has 0 bridgehead atoms. The van der Waals surface area contributed by atoms with Gasteiger partial charge in [-0.25, -0.2) is 0 Å². The van der Waals surface area contributed by atoms with Gasteiger partial charge in [-0.15, -0.1) is 0 Å². The molecule has 0 aromatic carbocycles. The zero-order valence-electron chi connectivity index (χ0n) is 12.0. The molecule has 0 radical (unpaired) electrons. The molecule has 1 aliphatic heterocycles. The van der Waals surface area contributed by atoms with Crippen molar-refractivity contribution in [1.29, 1.82) is 0 Å². The maximum Gasteiger partial charge on any atom is 0.305 e. The second-order valence-corrected chi connectivity index (χ2v) is 6.21. The highest BCUT2D eigenvalue weighted by Crippen LogP contribution is 2.20. The molecule has 1 fully saturated rings. The molecular weight excluding hydrogens is 280 g/mol. The van der Waals surface area contributed by atoms with Crippen LogP contribution in [0.5, 0.6) is 0 Å². The number of carbonyl (C=O) groups is 3. The van der Waals surface area contributed by atoms with E-state index < -0.39 is 5.97 Å². The van der Waals surface area contributed by atoms with Gasteiger partial charge in [0.1, 0.15) is 0 Å². The monoisotopic (exact) mass is 302 g/mol. The van der Waals surface area contributed by atoms with Crippen molar-refractivity contribution in [3.8, 4) is 0 Å². The Morgan fingerprint density at radius 3 is 2.60 bits per heavy atom. The van der Waals surface area contributed by atoms with E-state index in [2.05, 4.69) is 0 Å². The second-order valence-electron chi connectivity index (χ2n) is 5.06. The third kappa shape index (κ3) is 5.40. The SMILES string of the molecule is CN(C)C(=O)CCCC(=O)N1CCSCC1CC(=O)O. The highest BCUT2D eigenvalue weighted by Gasteiger charge is 2.28. The zero-order chi connectivity index (χ0) is 15.1. The third-order valence-corrected chi connectivity index (χ3v) is 4.33. The molecule has 0 spiro atoms. The smallest absolute Gasteiger partial charge is 0.305 e. The average molecular weight is 302 g/mol. The van der Waals surface area contributed by atoms with Gasteiger partial charge in [0.05, 0.1) is 12.5 Å². The summed E-state index contributed by atoms with van der Waals surface area (Å²) < 4.78 is 0. The lowest BCUT2D eigenvalue weighted by atomic mass is 10.1. The Labute approximate surface area is 123 Å². The number of carboxylic acid groups (broad SMARTS) is 1. The van der Waals surface area contributed by atoms with Crippen molar-refractivity contribution in [3.63, 3.8) is 0 Å². The Kier molecular flexibility index (Phi) is 6.84. The van der Waals surface area contributed by atoms with Crippen LogP contribution in [0.2, 0.25) is 0 Å². The minimum absolute atomic E-state index is 0.00459. The van der Waals surface area contributed by atoms with E-state index >= 15 is 0 Å². The Morgan fingerprint density at radius 1 is 1.30 bits per heavy atom. The molecule has 1 heterocycles. The molecule has 1 aliphatic rings. The molecule has 0 aromatic rings. The molecule has 1 unspecified atom stereocenters. The van der Waals surface area contributed by atoms with Crippen LogP contribution in [0.1, 0.15) is 25.7 Å². The highest BCUT2D eigenvalue weighted by atomic mass is 32.2. The first-order valence-electron chi connectivity index (χ1n) is 6.71. The lowest BCUT2D eigenvalue weighted by molar-refractivity contribution is -0.140. The number of carbonyl (C=O) groups excluding carboxylic acids is 2. The molecular formula is C13H22N2O4S. The summed E-state index contributed by atoms with van der Waals surface area (Å²) in [6, 6.07) is -0.219. The van der Waals surface area contributed by atoms with Crippen molar-refractivity contribution >= 4 is 29.5 Å². The van der Waals surface area contributed by atoms with Crippen LogP contribution in [0.25, 0.3) is 0 Å². The van der Waals surface area contributed by atoms with Gasteiger partial charge in [-0.05, 0) is 6.42 Å². The van der Waals surface area contributed by atoms with E-state index in [1.807, 2.05) is 0 Å². The molecule has 0 aromatic heterocycles. The molecule has 20 heavy (non-hydrogen) atoms. The summed E-state index contributed by atoms with van der Waals surface area (Å²) in [5.74, 6) is 0.614. The van der Waals surface area contributed by atoms with Crippen LogP contribution in [0.3, 0.4) is 0 Å². The summed E-state index contributed by atoms with van der Waals surface area (Å²) in [6.07, 6.45) is 1.17. The number of nitrogens with zero attached hydrogens (tertiary/aromatic N) is 2. The fourth-order valence-electron chi connectivity index (χ4n) is 2.11. The number of hydrogen-bond acceptors (Lipinski definition) is 4. The molecule has 0 saturated carbocycles. The Morgan fingerprint density at radius 2 is 2.00 bits per heavy atom. The van der Waals surface area contributed by atoms with Gasteiger partial charge in [0.25, 0.3) is 0 Å². The van der Waals surface area contributed by atoms with E-state index in [1.54, 1.807) is 30.8 Å². The first-order valence-corrected chi connectivity index (χ1v) is 7.86. The van der Waals surface area contributed by atoms with Crippen molar-refractivity contribution in [1.82, 2.24) is 9.80 Å². The normalized spacial score (nSPS) is 18.7. The fraction of sp³-hybridized carbons (Fsp3) is 0.769. The molecule has 1 saturated heterocycles. The van der Waals surface area contributed by atoms with E-state index in [0.29, 0.717) is 31.6 Å². The average Bonchev–Trinajstić information content (AvgIpc) is 2.38. The van der Waals surface area contributed by atoms with Gasteiger partial charge >= 0.3 is 5.97 Å². The first kappa shape index (κ1) is 16.8. The van der Waals surface area contributed by atoms with E-state index in [4.69, 9.17) is 5.11 Å². The van der Waals surface area contributed by atoms with Crippen LogP contribution in [-0.4, -0.2) is 70.9 Å². The number of carboxylic acids is 1. The number of hydrogen-bond donors (Lipinski definition) is 1. The van der Waals surface area contributed by atoms with Gasteiger partial charge in [-0.1, -0.05) is 0 Å². The van der Waals surface area contributed by atoms with Gasteiger partial charge in [-0.3, -0.25) is 14.4 Å². The van der Waals surface area contributed by atoms with Gasteiger partial charge in [0.15, 0.2) is 0 Å². The van der Waals surface area contributed by atoms with Crippen LogP contribution < -0.4 is 0 Å². The predicted molar refractivity (Wildman–Crippen MR) is 77.6 cm³/mol. The molecule has 0 aliphatic carbocycles. The molecule has 1 rings (SSSR count). The largest absolute Gasteiger partial charge is 0.481 e. The van der Waals surface area contributed by atoms with Gasteiger partial charge in [-0.2, -0.15) is 11.8 Å². The molecule has 114 valence electrons. The Balaban J connectivity index is 2.43. The van der Waals surface area contributed by atoms with E-state index in [9.17, 15) is 14.4 Å². The number of rotatable bonds is 6. The summed E-state index contributed by atoms with van der Waals surface area (Å²) in [4.78, 5) is 37.6. The van der Waals surface area contributed by atoms with E-state index in [1.165, 1.54) is 4.90 Å². The quantitative estimate of drug-likeness (QED) is 0.780. The Hall–Kier alpha value is -1.24. The molecule has 6 nitrogen and oxygen atoms in total. The molecule has 1 N–H and O–H groups in total. The number of amides is 2. The standard InChI is InChI=1S/C13H22N2O4S/c1-14(2)11(16)4-3-5-12(17)15-6-7-20-9-10(15)8-13(18)19/h10H,3-9H2,1-2H3,(H,18,19). The van der Waals surface area contributed by atoms with Gasteiger partial charge < -0.3 is 14.9 Å². The van der Waals surface area contributed by atoms with Crippen molar-refractivity contribution in [3.05, 3.63) is 0 Å². The van der Waals surface area contributed by atoms with Crippen LogP contribution >= 0.6 is 11.8 Å². The molecule has 1 atom stereocenters. The van der Waals surface area contributed by atoms with Crippen LogP contribution in [0, 0.1) is 0 Å². The van der Waals surface area contributed by atoms with Crippen LogP contribution in [0.15, 0.2) is 0 Å². The van der Waals surface area contributed by atoms with Crippen LogP contribution in [0.4, 0.5) is 0 Å². The summed E-state index contributed by atoms with van der Waals surface area (Å²) in [5.41, 5.74) is 0. The van der Waals surface area contributed by atoms with Gasteiger partial charge in [0.2, 0.25) is 11.8 Å². The summed E-state index contributed by atoms with van der Waals surface area (Å²) >= 11 is 1.68. The minimum Gasteiger partial charge on any atom is -0.481 e. The van der Waals surface area contributed by atoms with E-state index in [-0.39, 0.29) is 24.3 Å². The predicted octanol–water partition coefficient (Wildman–Crippen LogP) is 0.664. The Bertz CT molecular complexity index is 373. The lowest BCUT2D eigenvalue weighted by Gasteiger charge is -2.34. The van der Waals surface area contributed by atoms with Crippen molar-refractivity contribution in [2.75, 3.05) is 32.1 Å². The summed E-state index contributed by atoms with van der Waals surface area (Å²) in [6.45, 7) is 0.600. The topological polar surface area (TPSA) is 77.9 Å². The molecule has 7 heteroatoms. The maximum absolute atomic E-state index is 12.1. The third-order valence-electron chi connectivity index (χ3n) is 3.24. The van der Waals surface area contributed by atoms with Crippen molar-refractivity contribution in [2.24, 2.45) is 0 Å². The lowest BCUT2D eigenvalue weighted by Crippen LogP contribution is -2.47. The summed E-state index contributed by atoms with van der Waals surface area (Å²) in [7, 11) is 3.38. The van der Waals surface area contributed by atoms with Crippen molar-refractivity contribution < 1.29 is 19.5 Å². The van der Waals surface area contributed by atoms with Crippen molar-refractivity contribution in [2.45, 2.75) is 31.7 Å². The number of aliphatic carboxylic acids is 1. The number of thioether (sulfide) groups is 1. The highest BCUT2D eigenvalue weighted by molar-refractivity contribution is 7.99. The minimum atomic E-state index is -0.877. The zero-order valence-corrected chi connectivity index (χ0v) is 12.8.